The van der Waals surface area contributed by atoms with Gasteiger partial charge in [0.15, 0.2) is 0 Å². The van der Waals surface area contributed by atoms with Crippen molar-refractivity contribution >= 4 is 33.2 Å². The van der Waals surface area contributed by atoms with E-state index in [4.69, 9.17) is 27.9 Å². The molecule has 0 atom stereocenters. The van der Waals surface area contributed by atoms with Crippen LogP contribution in [-0.2, 0) is 27.8 Å². The molecule has 0 saturated carbocycles. The van der Waals surface area contributed by atoms with Gasteiger partial charge in [-0.1, -0.05) is 41.4 Å². The Hall–Kier alpha value is -1.15. The molecule has 1 N–H and O–H groups in total. The summed E-state index contributed by atoms with van der Waals surface area (Å²) >= 11 is 11.9. The van der Waals surface area contributed by atoms with Crippen LogP contribution in [0.15, 0.2) is 47.4 Å². The predicted octanol–water partition coefficient (Wildman–Crippen LogP) is 3.30. The number of rotatable bonds is 6. The first-order valence-electron chi connectivity index (χ1n) is 8.28. The highest BCUT2D eigenvalue weighted by Crippen LogP contribution is 2.22. The van der Waals surface area contributed by atoms with Crippen molar-refractivity contribution in [3.8, 4) is 0 Å². The Morgan fingerprint density at radius 1 is 0.923 bits per heavy atom. The maximum atomic E-state index is 12.6. The molecule has 3 rings (SSSR count). The van der Waals surface area contributed by atoms with Gasteiger partial charge in [0.2, 0.25) is 10.0 Å². The highest BCUT2D eigenvalue weighted by Gasteiger charge is 2.25. The Bertz CT molecular complexity index is 851. The molecule has 0 spiro atoms. The molecule has 26 heavy (non-hydrogen) atoms. The van der Waals surface area contributed by atoms with E-state index in [2.05, 4.69) is 5.32 Å². The summed E-state index contributed by atoms with van der Waals surface area (Å²) in [5, 5.41) is 4.37. The molecule has 140 valence electrons. The van der Waals surface area contributed by atoms with Gasteiger partial charge in [0.25, 0.3) is 0 Å². The lowest BCUT2D eigenvalue weighted by atomic mass is 10.2. The summed E-state index contributed by atoms with van der Waals surface area (Å²) in [5.41, 5.74) is 2.04. The number of morpholine rings is 1. The number of benzene rings is 2. The third kappa shape index (κ3) is 4.76. The van der Waals surface area contributed by atoms with Crippen LogP contribution >= 0.6 is 23.2 Å². The fourth-order valence-corrected chi connectivity index (χ4v) is 4.44. The molecule has 1 aliphatic heterocycles. The summed E-state index contributed by atoms with van der Waals surface area (Å²) in [7, 11) is -3.45. The van der Waals surface area contributed by atoms with Gasteiger partial charge in [-0.3, -0.25) is 0 Å². The molecule has 0 unspecified atom stereocenters. The van der Waals surface area contributed by atoms with Gasteiger partial charge in [0.05, 0.1) is 28.2 Å². The van der Waals surface area contributed by atoms with Crippen LogP contribution in [0.1, 0.15) is 11.1 Å². The molecule has 1 aliphatic rings. The van der Waals surface area contributed by atoms with Gasteiger partial charge in [-0.2, -0.15) is 4.31 Å². The van der Waals surface area contributed by atoms with Crippen molar-refractivity contribution in [2.24, 2.45) is 0 Å². The van der Waals surface area contributed by atoms with Gasteiger partial charge in [-0.05, 0) is 35.4 Å². The normalized spacial score (nSPS) is 15.9. The van der Waals surface area contributed by atoms with Crippen LogP contribution in [0, 0.1) is 0 Å². The Morgan fingerprint density at radius 3 is 2.19 bits per heavy atom. The zero-order valence-electron chi connectivity index (χ0n) is 14.1. The average molecular weight is 415 g/mol. The minimum absolute atomic E-state index is 0.313. The van der Waals surface area contributed by atoms with Crippen LogP contribution in [-0.4, -0.2) is 39.0 Å². The zero-order chi connectivity index (χ0) is 18.6. The molecule has 2 aromatic rings. The van der Waals surface area contributed by atoms with Gasteiger partial charge in [-0.25, -0.2) is 8.42 Å². The number of hydrogen-bond donors (Lipinski definition) is 1. The van der Waals surface area contributed by atoms with Crippen LogP contribution in [0.3, 0.4) is 0 Å². The summed E-state index contributed by atoms with van der Waals surface area (Å²) in [6, 6.07) is 12.5. The minimum Gasteiger partial charge on any atom is -0.379 e. The summed E-state index contributed by atoms with van der Waals surface area (Å²) in [4.78, 5) is 0.313. The zero-order valence-corrected chi connectivity index (χ0v) is 16.4. The van der Waals surface area contributed by atoms with Crippen molar-refractivity contribution in [3.05, 3.63) is 63.6 Å². The third-order valence-electron chi connectivity index (χ3n) is 4.17. The Balaban J connectivity index is 1.58. The molecule has 0 aromatic heterocycles. The molecule has 1 heterocycles. The lowest BCUT2D eigenvalue weighted by Crippen LogP contribution is -2.40. The van der Waals surface area contributed by atoms with Crippen molar-refractivity contribution in [1.29, 1.82) is 0 Å². The molecule has 0 amide bonds. The number of ether oxygens (including phenoxy) is 1. The predicted molar refractivity (Wildman–Crippen MR) is 103 cm³/mol. The summed E-state index contributed by atoms with van der Waals surface area (Å²) in [5.74, 6) is 0. The molecule has 8 heteroatoms. The first kappa shape index (κ1) is 19.6. The SMILES string of the molecule is O=S(=O)(c1ccc(CNCc2ccc(Cl)c(Cl)c2)cc1)N1CCOCC1. The van der Waals surface area contributed by atoms with E-state index >= 15 is 0 Å². The van der Waals surface area contributed by atoms with E-state index in [0.717, 1.165) is 11.1 Å². The Morgan fingerprint density at radius 2 is 1.54 bits per heavy atom. The largest absolute Gasteiger partial charge is 0.379 e. The number of halogens is 2. The molecule has 1 saturated heterocycles. The van der Waals surface area contributed by atoms with Crippen molar-refractivity contribution in [2.75, 3.05) is 26.3 Å². The molecule has 5 nitrogen and oxygen atoms in total. The van der Waals surface area contributed by atoms with Crippen molar-refractivity contribution in [3.63, 3.8) is 0 Å². The van der Waals surface area contributed by atoms with Gasteiger partial charge in [0.1, 0.15) is 0 Å². The first-order chi connectivity index (χ1) is 12.5. The van der Waals surface area contributed by atoms with Crippen molar-refractivity contribution in [2.45, 2.75) is 18.0 Å². The molecule has 2 aromatic carbocycles. The van der Waals surface area contributed by atoms with Gasteiger partial charge < -0.3 is 10.1 Å². The van der Waals surface area contributed by atoms with Crippen LogP contribution in [0.2, 0.25) is 10.0 Å². The molecule has 0 radical (unpaired) electrons. The molecular weight excluding hydrogens is 395 g/mol. The lowest BCUT2D eigenvalue weighted by molar-refractivity contribution is 0.0730. The average Bonchev–Trinajstić information content (AvgIpc) is 2.66. The first-order valence-corrected chi connectivity index (χ1v) is 10.5. The second-order valence-corrected chi connectivity index (χ2v) is 8.76. The monoisotopic (exact) mass is 414 g/mol. The Labute approximate surface area is 163 Å². The molecular formula is C18H20Cl2N2O3S. The van der Waals surface area contributed by atoms with Crippen LogP contribution in [0.4, 0.5) is 0 Å². The van der Waals surface area contributed by atoms with Gasteiger partial charge >= 0.3 is 0 Å². The van der Waals surface area contributed by atoms with Crippen molar-refractivity contribution < 1.29 is 13.2 Å². The Kier molecular flexibility index (Phi) is 6.55. The van der Waals surface area contributed by atoms with Crippen molar-refractivity contribution in [1.82, 2.24) is 9.62 Å². The second kappa shape index (κ2) is 8.69. The van der Waals surface area contributed by atoms with E-state index in [1.165, 1.54) is 4.31 Å². The maximum Gasteiger partial charge on any atom is 0.243 e. The number of sulfonamides is 1. The molecule has 0 bridgehead atoms. The highest BCUT2D eigenvalue weighted by atomic mass is 35.5. The van der Waals surface area contributed by atoms with Gasteiger partial charge in [-0.15, -0.1) is 0 Å². The topological polar surface area (TPSA) is 58.6 Å². The van der Waals surface area contributed by atoms with Crippen LogP contribution in [0.25, 0.3) is 0 Å². The number of nitrogens with one attached hydrogen (secondary N) is 1. The van der Waals surface area contributed by atoms with E-state index in [1.807, 2.05) is 24.3 Å². The highest BCUT2D eigenvalue weighted by molar-refractivity contribution is 7.89. The fourth-order valence-electron chi connectivity index (χ4n) is 2.72. The molecule has 0 aliphatic carbocycles. The van der Waals surface area contributed by atoms with E-state index in [-0.39, 0.29) is 0 Å². The number of nitrogens with zero attached hydrogens (tertiary/aromatic N) is 1. The maximum absolute atomic E-state index is 12.6. The number of hydrogen-bond acceptors (Lipinski definition) is 4. The van der Waals surface area contributed by atoms with Crippen LogP contribution in [0.5, 0.6) is 0 Å². The lowest BCUT2D eigenvalue weighted by Gasteiger charge is -2.26. The van der Waals surface area contributed by atoms with E-state index in [1.54, 1.807) is 18.2 Å². The summed E-state index contributed by atoms with van der Waals surface area (Å²) in [6.45, 7) is 2.94. The minimum atomic E-state index is -3.45. The van der Waals surface area contributed by atoms with E-state index in [0.29, 0.717) is 54.3 Å². The standard InChI is InChI=1S/C18H20Cl2N2O3S/c19-17-6-3-15(11-18(17)20)13-21-12-14-1-4-16(5-2-14)26(23,24)22-7-9-25-10-8-22/h1-6,11,21H,7-10,12-13H2. The summed E-state index contributed by atoms with van der Waals surface area (Å²) < 4.78 is 31.9. The third-order valence-corrected chi connectivity index (χ3v) is 6.83. The quantitative estimate of drug-likeness (QED) is 0.787. The summed E-state index contributed by atoms with van der Waals surface area (Å²) in [6.07, 6.45) is 0. The second-order valence-electron chi connectivity index (χ2n) is 6.01. The van der Waals surface area contributed by atoms with Crippen LogP contribution < -0.4 is 5.32 Å². The van der Waals surface area contributed by atoms with Gasteiger partial charge in [0, 0.05) is 26.2 Å². The van der Waals surface area contributed by atoms with E-state index < -0.39 is 10.0 Å². The van der Waals surface area contributed by atoms with E-state index in [9.17, 15) is 8.42 Å². The molecule has 1 fully saturated rings. The smallest absolute Gasteiger partial charge is 0.243 e. The fraction of sp³-hybridized carbons (Fsp3) is 0.333.